The molecule has 0 saturated heterocycles. The Labute approximate surface area is 129 Å². The van der Waals surface area contributed by atoms with Crippen LogP contribution in [0.15, 0.2) is 18.2 Å². The molecule has 21 heavy (non-hydrogen) atoms. The predicted molar refractivity (Wildman–Crippen MR) is 83.8 cm³/mol. The molecular formula is C15H19ClN4O. The Balaban J connectivity index is 2.43. The second kappa shape index (κ2) is 6.83. The number of anilines is 1. The molecule has 1 N–H and O–H groups in total. The summed E-state index contributed by atoms with van der Waals surface area (Å²) in [7, 11) is 0. The fourth-order valence-corrected chi connectivity index (χ4v) is 2.09. The number of pyridine rings is 1. The van der Waals surface area contributed by atoms with E-state index in [2.05, 4.69) is 21.9 Å². The zero-order valence-corrected chi connectivity index (χ0v) is 13.2. The molecule has 112 valence electrons. The topological polar surface area (TPSA) is 62.1 Å². The minimum Gasteiger partial charge on any atom is -0.287 e. The first-order valence-electron chi connectivity index (χ1n) is 6.97. The number of hydroxylamine groups is 1. The molecule has 0 saturated carbocycles. The van der Waals surface area contributed by atoms with Gasteiger partial charge in [-0.05, 0) is 32.4 Å². The molecule has 5 nitrogen and oxygen atoms in total. The molecule has 0 bridgehead atoms. The Morgan fingerprint density at radius 1 is 1.19 bits per heavy atom. The van der Waals surface area contributed by atoms with E-state index in [1.807, 2.05) is 25.1 Å². The summed E-state index contributed by atoms with van der Waals surface area (Å²) < 4.78 is 0. The lowest BCUT2D eigenvalue weighted by Gasteiger charge is -2.18. The van der Waals surface area contributed by atoms with E-state index in [-0.39, 0.29) is 0 Å². The van der Waals surface area contributed by atoms with E-state index in [0.717, 1.165) is 23.6 Å². The van der Waals surface area contributed by atoms with Crippen LogP contribution in [0.5, 0.6) is 0 Å². The molecule has 0 spiro atoms. The number of rotatable bonds is 5. The zero-order chi connectivity index (χ0) is 15.4. The van der Waals surface area contributed by atoms with Crippen LogP contribution in [0.2, 0.25) is 5.02 Å². The number of nitrogens with zero attached hydrogens (tertiary/aromatic N) is 4. The molecule has 0 atom stereocenters. The lowest BCUT2D eigenvalue weighted by molar-refractivity contribution is 0.248. The van der Waals surface area contributed by atoms with E-state index in [9.17, 15) is 5.21 Å². The van der Waals surface area contributed by atoms with E-state index < -0.39 is 0 Å². The maximum Gasteiger partial charge on any atom is 0.180 e. The van der Waals surface area contributed by atoms with Crippen LogP contribution < -0.4 is 5.06 Å². The van der Waals surface area contributed by atoms with Crippen molar-refractivity contribution in [1.82, 2.24) is 15.0 Å². The van der Waals surface area contributed by atoms with Gasteiger partial charge in [-0.2, -0.15) is 0 Å². The average molecular weight is 307 g/mol. The summed E-state index contributed by atoms with van der Waals surface area (Å²) in [6.45, 7) is 6.24. The first-order chi connectivity index (χ1) is 10.0. The summed E-state index contributed by atoms with van der Waals surface area (Å²) in [6, 6.07) is 5.65. The third-order valence-corrected chi connectivity index (χ3v) is 3.53. The number of aryl methyl sites for hydroxylation is 2. The molecule has 2 aromatic heterocycles. The van der Waals surface area contributed by atoms with E-state index in [1.54, 1.807) is 6.92 Å². The lowest BCUT2D eigenvalue weighted by atomic mass is 10.3. The van der Waals surface area contributed by atoms with Crippen LogP contribution in [0.3, 0.4) is 0 Å². The van der Waals surface area contributed by atoms with Crippen molar-refractivity contribution in [1.29, 1.82) is 0 Å². The molecule has 0 aliphatic carbocycles. The fraction of sp³-hybridized carbons (Fsp3) is 0.400. The van der Waals surface area contributed by atoms with Gasteiger partial charge in [0.15, 0.2) is 11.6 Å². The normalized spacial score (nSPS) is 10.7. The highest BCUT2D eigenvalue weighted by molar-refractivity contribution is 6.33. The van der Waals surface area contributed by atoms with Crippen molar-refractivity contribution < 1.29 is 5.21 Å². The largest absolute Gasteiger partial charge is 0.287 e. The smallest absolute Gasteiger partial charge is 0.180 e. The monoisotopic (exact) mass is 306 g/mol. The van der Waals surface area contributed by atoms with Gasteiger partial charge in [0.2, 0.25) is 0 Å². The minimum absolute atomic E-state index is 0.330. The van der Waals surface area contributed by atoms with Gasteiger partial charge < -0.3 is 0 Å². The van der Waals surface area contributed by atoms with Gasteiger partial charge in [0.1, 0.15) is 10.7 Å². The first kappa shape index (κ1) is 15.7. The highest BCUT2D eigenvalue weighted by Crippen LogP contribution is 2.28. The summed E-state index contributed by atoms with van der Waals surface area (Å²) in [5, 5.41) is 11.6. The maximum atomic E-state index is 10.1. The second-order valence-electron chi connectivity index (χ2n) is 4.91. The van der Waals surface area contributed by atoms with E-state index in [1.165, 1.54) is 0 Å². The minimum atomic E-state index is 0.330. The number of unbranched alkanes of at least 4 members (excludes halogenated alkanes) is 1. The van der Waals surface area contributed by atoms with Crippen molar-refractivity contribution in [3.8, 4) is 11.5 Å². The summed E-state index contributed by atoms with van der Waals surface area (Å²) in [4.78, 5) is 13.1. The standard InChI is InChI=1S/C15H19ClN4O/c1-4-5-9-20(21)15-13(16)11(3)18-14(19-15)12-8-6-7-10(2)17-12/h6-8,21H,4-5,9H2,1-3H3. The molecule has 0 amide bonds. The van der Waals surface area contributed by atoms with Gasteiger partial charge in [-0.25, -0.2) is 20.0 Å². The van der Waals surface area contributed by atoms with E-state index in [4.69, 9.17) is 11.6 Å². The van der Waals surface area contributed by atoms with Crippen LogP contribution in [-0.2, 0) is 0 Å². The molecule has 6 heteroatoms. The number of hydrogen-bond acceptors (Lipinski definition) is 5. The van der Waals surface area contributed by atoms with Crippen molar-refractivity contribution >= 4 is 17.4 Å². The Morgan fingerprint density at radius 2 is 1.95 bits per heavy atom. The number of aromatic nitrogens is 3. The SMILES string of the molecule is CCCCN(O)c1nc(-c2cccc(C)n2)nc(C)c1Cl. The van der Waals surface area contributed by atoms with Crippen molar-refractivity contribution in [3.63, 3.8) is 0 Å². The van der Waals surface area contributed by atoms with Crippen LogP contribution in [0.1, 0.15) is 31.2 Å². The summed E-state index contributed by atoms with van der Waals surface area (Å²) in [6.07, 6.45) is 1.83. The van der Waals surface area contributed by atoms with Crippen LogP contribution in [0, 0.1) is 13.8 Å². The Kier molecular flexibility index (Phi) is 5.09. The Hall–Kier alpha value is -1.72. The van der Waals surface area contributed by atoms with E-state index >= 15 is 0 Å². The third kappa shape index (κ3) is 3.68. The van der Waals surface area contributed by atoms with Crippen LogP contribution in [0.4, 0.5) is 5.82 Å². The molecule has 0 fully saturated rings. The van der Waals surface area contributed by atoms with Crippen molar-refractivity contribution in [2.45, 2.75) is 33.6 Å². The zero-order valence-electron chi connectivity index (χ0n) is 12.5. The maximum absolute atomic E-state index is 10.1. The summed E-state index contributed by atoms with van der Waals surface area (Å²) in [5.41, 5.74) is 2.17. The van der Waals surface area contributed by atoms with Crippen molar-refractivity contribution in [2.75, 3.05) is 11.6 Å². The highest BCUT2D eigenvalue weighted by Gasteiger charge is 2.16. The van der Waals surface area contributed by atoms with Gasteiger partial charge in [0, 0.05) is 12.2 Å². The van der Waals surface area contributed by atoms with Crippen LogP contribution >= 0.6 is 11.6 Å². The van der Waals surface area contributed by atoms with Gasteiger partial charge in [-0.1, -0.05) is 31.0 Å². The van der Waals surface area contributed by atoms with Gasteiger partial charge in [0.05, 0.1) is 5.69 Å². The van der Waals surface area contributed by atoms with Gasteiger partial charge >= 0.3 is 0 Å². The van der Waals surface area contributed by atoms with Gasteiger partial charge in [0.25, 0.3) is 0 Å². The Bertz CT molecular complexity index is 633. The predicted octanol–water partition coefficient (Wildman–Crippen LogP) is 3.80. The lowest BCUT2D eigenvalue weighted by Crippen LogP contribution is -2.21. The van der Waals surface area contributed by atoms with Gasteiger partial charge in [-0.3, -0.25) is 5.21 Å². The molecule has 0 aromatic carbocycles. The summed E-state index contributed by atoms with van der Waals surface area (Å²) >= 11 is 6.21. The molecule has 0 radical (unpaired) electrons. The second-order valence-corrected chi connectivity index (χ2v) is 5.29. The number of halogens is 1. The number of hydrogen-bond donors (Lipinski definition) is 1. The molecular weight excluding hydrogens is 288 g/mol. The van der Waals surface area contributed by atoms with Crippen molar-refractivity contribution in [3.05, 3.63) is 34.6 Å². The third-order valence-electron chi connectivity index (χ3n) is 3.08. The van der Waals surface area contributed by atoms with E-state index in [0.29, 0.717) is 34.6 Å². The fourth-order valence-electron chi connectivity index (χ4n) is 1.91. The Morgan fingerprint density at radius 3 is 2.62 bits per heavy atom. The summed E-state index contributed by atoms with van der Waals surface area (Å²) in [5.74, 6) is 0.794. The molecule has 0 aliphatic rings. The van der Waals surface area contributed by atoms with Crippen LogP contribution in [-0.4, -0.2) is 26.7 Å². The molecule has 0 unspecified atom stereocenters. The molecule has 2 rings (SSSR count). The van der Waals surface area contributed by atoms with Gasteiger partial charge in [-0.15, -0.1) is 0 Å². The molecule has 0 aliphatic heterocycles. The molecule has 2 heterocycles. The first-order valence-corrected chi connectivity index (χ1v) is 7.35. The quantitative estimate of drug-likeness (QED) is 0.851. The molecule has 2 aromatic rings. The highest BCUT2D eigenvalue weighted by atomic mass is 35.5. The van der Waals surface area contributed by atoms with Crippen molar-refractivity contribution in [2.24, 2.45) is 0 Å². The van der Waals surface area contributed by atoms with Crippen LogP contribution in [0.25, 0.3) is 11.5 Å². The average Bonchev–Trinajstić information content (AvgIpc) is 2.47.